The number of pyridine rings is 1. The van der Waals surface area contributed by atoms with Crippen molar-refractivity contribution in [3.8, 4) is 5.75 Å². The summed E-state index contributed by atoms with van der Waals surface area (Å²) in [6, 6.07) is 1.33. The van der Waals surface area contributed by atoms with Crippen molar-refractivity contribution < 1.29 is 9.90 Å². The SMILES string of the molecule is C=CC(C)NC(=O)c1ccncc1O. The van der Waals surface area contributed by atoms with Crippen molar-refractivity contribution in [2.75, 3.05) is 0 Å². The Morgan fingerprint density at radius 3 is 3.07 bits per heavy atom. The van der Waals surface area contributed by atoms with Gasteiger partial charge in [-0.2, -0.15) is 0 Å². The second-order valence-electron chi connectivity index (χ2n) is 2.89. The Bertz CT molecular complexity index is 350. The lowest BCUT2D eigenvalue weighted by Gasteiger charge is -2.09. The van der Waals surface area contributed by atoms with E-state index in [1.165, 1.54) is 18.5 Å². The molecule has 4 nitrogen and oxygen atoms in total. The minimum Gasteiger partial charge on any atom is -0.505 e. The molecule has 2 N–H and O–H groups in total. The van der Waals surface area contributed by atoms with Crippen LogP contribution in [0.15, 0.2) is 31.1 Å². The van der Waals surface area contributed by atoms with E-state index in [0.29, 0.717) is 0 Å². The average molecular weight is 192 g/mol. The van der Waals surface area contributed by atoms with Gasteiger partial charge in [-0.1, -0.05) is 6.08 Å². The number of aromatic nitrogens is 1. The van der Waals surface area contributed by atoms with Crippen LogP contribution in [0, 0.1) is 0 Å². The molecule has 0 aliphatic carbocycles. The molecular formula is C10H12N2O2. The summed E-state index contributed by atoms with van der Waals surface area (Å²) in [5.41, 5.74) is 0.216. The van der Waals surface area contributed by atoms with Crippen molar-refractivity contribution in [2.24, 2.45) is 0 Å². The standard InChI is InChI=1S/C10H12N2O2/c1-3-7(2)12-10(14)8-4-5-11-6-9(8)13/h3-7,13H,1H2,2H3,(H,12,14). The minimum atomic E-state index is -0.336. The van der Waals surface area contributed by atoms with E-state index in [1.54, 1.807) is 13.0 Å². The highest BCUT2D eigenvalue weighted by Gasteiger charge is 2.11. The van der Waals surface area contributed by atoms with Gasteiger partial charge in [0.05, 0.1) is 11.8 Å². The van der Waals surface area contributed by atoms with E-state index < -0.39 is 0 Å². The van der Waals surface area contributed by atoms with Crippen molar-refractivity contribution in [1.29, 1.82) is 0 Å². The topological polar surface area (TPSA) is 62.2 Å². The van der Waals surface area contributed by atoms with Gasteiger partial charge in [0.15, 0.2) is 0 Å². The Morgan fingerprint density at radius 1 is 1.79 bits per heavy atom. The first kappa shape index (κ1) is 10.2. The molecule has 0 spiro atoms. The lowest BCUT2D eigenvalue weighted by molar-refractivity contribution is 0.0944. The van der Waals surface area contributed by atoms with E-state index in [2.05, 4.69) is 16.9 Å². The summed E-state index contributed by atoms with van der Waals surface area (Å²) in [6.45, 7) is 5.33. The summed E-state index contributed by atoms with van der Waals surface area (Å²) >= 11 is 0. The second kappa shape index (κ2) is 4.41. The van der Waals surface area contributed by atoms with Crippen LogP contribution in [0.25, 0.3) is 0 Å². The number of hydrogen-bond acceptors (Lipinski definition) is 3. The number of carbonyl (C=O) groups is 1. The molecule has 1 aromatic heterocycles. The molecule has 1 unspecified atom stereocenters. The first-order valence-corrected chi connectivity index (χ1v) is 4.21. The largest absolute Gasteiger partial charge is 0.505 e. The average Bonchev–Trinajstić information content (AvgIpc) is 2.18. The quantitative estimate of drug-likeness (QED) is 0.705. The van der Waals surface area contributed by atoms with Crippen LogP contribution >= 0.6 is 0 Å². The summed E-state index contributed by atoms with van der Waals surface area (Å²) in [4.78, 5) is 15.2. The van der Waals surface area contributed by atoms with Gasteiger partial charge >= 0.3 is 0 Å². The summed E-state index contributed by atoms with van der Waals surface area (Å²) in [6.07, 6.45) is 4.29. The number of amides is 1. The molecule has 0 saturated carbocycles. The van der Waals surface area contributed by atoms with Crippen LogP contribution in [0.1, 0.15) is 17.3 Å². The van der Waals surface area contributed by atoms with Crippen molar-refractivity contribution >= 4 is 5.91 Å². The molecule has 4 heteroatoms. The highest BCUT2D eigenvalue weighted by atomic mass is 16.3. The normalized spacial score (nSPS) is 11.8. The zero-order chi connectivity index (χ0) is 10.6. The van der Waals surface area contributed by atoms with Crippen LogP contribution in [0.5, 0.6) is 5.75 Å². The molecule has 0 aliphatic heterocycles. The summed E-state index contributed by atoms with van der Waals surface area (Å²) in [5.74, 6) is -0.460. The molecule has 74 valence electrons. The molecule has 0 aromatic carbocycles. The molecule has 0 fully saturated rings. The third kappa shape index (κ3) is 2.32. The summed E-state index contributed by atoms with van der Waals surface area (Å²) in [7, 11) is 0. The number of hydrogen-bond donors (Lipinski definition) is 2. The van der Waals surface area contributed by atoms with Crippen molar-refractivity contribution in [2.45, 2.75) is 13.0 Å². The molecule has 1 heterocycles. The predicted octanol–water partition coefficient (Wildman–Crippen LogP) is 1.09. The monoisotopic (exact) mass is 192 g/mol. The van der Waals surface area contributed by atoms with Crippen LogP contribution in [0.2, 0.25) is 0 Å². The maximum atomic E-state index is 11.5. The van der Waals surface area contributed by atoms with E-state index in [-0.39, 0.29) is 23.3 Å². The van der Waals surface area contributed by atoms with Gasteiger partial charge < -0.3 is 10.4 Å². The van der Waals surface area contributed by atoms with E-state index in [9.17, 15) is 9.90 Å². The smallest absolute Gasteiger partial charge is 0.255 e. The van der Waals surface area contributed by atoms with Gasteiger partial charge in [-0.15, -0.1) is 6.58 Å². The van der Waals surface area contributed by atoms with Gasteiger partial charge in [0.2, 0.25) is 0 Å². The van der Waals surface area contributed by atoms with Gasteiger partial charge in [0.1, 0.15) is 5.75 Å². The highest BCUT2D eigenvalue weighted by molar-refractivity contribution is 5.96. The van der Waals surface area contributed by atoms with Crippen molar-refractivity contribution in [1.82, 2.24) is 10.3 Å². The van der Waals surface area contributed by atoms with Gasteiger partial charge in [-0.25, -0.2) is 0 Å². The Morgan fingerprint density at radius 2 is 2.50 bits per heavy atom. The molecule has 1 rings (SSSR count). The number of rotatable bonds is 3. The Kier molecular flexibility index (Phi) is 3.23. The maximum absolute atomic E-state index is 11.5. The summed E-state index contributed by atoms with van der Waals surface area (Å²) in [5, 5.41) is 12.0. The van der Waals surface area contributed by atoms with Crippen LogP contribution in [0.3, 0.4) is 0 Å². The van der Waals surface area contributed by atoms with E-state index in [1.807, 2.05) is 0 Å². The molecule has 0 bridgehead atoms. The van der Waals surface area contributed by atoms with Crippen LogP contribution in [-0.4, -0.2) is 22.0 Å². The Labute approximate surface area is 82.3 Å². The van der Waals surface area contributed by atoms with E-state index in [4.69, 9.17) is 0 Å². The van der Waals surface area contributed by atoms with Crippen molar-refractivity contribution in [3.05, 3.63) is 36.7 Å². The minimum absolute atomic E-state index is 0.124. The fourth-order valence-corrected chi connectivity index (χ4v) is 0.922. The van der Waals surface area contributed by atoms with Gasteiger partial charge in [0, 0.05) is 12.2 Å². The Balaban J connectivity index is 2.80. The van der Waals surface area contributed by atoms with Gasteiger partial charge in [0.25, 0.3) is 5.91 Å². The Hall–Kier alpha value is -1.84. The third-order valence-corrected chi connectivity index (χ3v) is 1.76. The zero-order valence-electron chi connectivity index (χ0n) is 7.90. The van der Waals surface area contributed by atoms with Crippen LogP contribution in [-0.2, 0) is 0 Å². The highest BCUT2D eigenvalue weighted by Crippen LogP contribution is 2.13. The van der Waals surface area contributed by atoms with Crippen molar-refractivity contribution in [3.63, 3.8) is 0 Å². The number of nitrogens with one attached hydrogen (secondary N) is 1. The molecule has 1 aromatic rings. The zero-order valence-corrected chi connectivity index (χ0v) is 7.90. The molecule has 0 radical (unpaired) electrons. The maximum Gasteiger partial charge on any atom is 0.255 e. The molecule has 14 heavy (non-hydrogen) atoms. The molecule has 1 atom stereocenters. The molecule has 0 aliphatic rings. The van der Waals surface area contributed by atoms with Crippen LogP contribution < -0.4 is 5.32 Å². The lowest BCUT2D eigenvalue weighted by Crippen LogP contribution is -2.30. The fraction of sp³-hybridized carbons (Fsp3) is 0.200. The van der Waals surface area contributed by atoms with Gasteiger partial charge in [-0.3, -0.25) is 9.78 Å². The van der Waals surface area contributed by atoms with E-state index >= 15 is 0 Å². The molecule has 1 amide bonds. The first-order valence-electron chi connectivity index (χ1n) is 4.21. The first-order chi connectivity index (χ1) is 6.65. The third-order valence-electron chi connectivity index (χ3n) is 1.76. The van der Waals surface area contributed by atoms with E-state index in [0.717, 1.165) is 0 Å². The lowest BCUT2D eigenvalue weighted by atomic mass is 10.2. The number of aromatic hydroxyl groups is 1. The number of nitrogens with zero attached hydrogens (tertiary/aromatic N) is 1. The predicted molar refractivity (Wildman–Crippen MR) is 53.0 cm³/mol. The molecular weight excluding hydrogens is 180 g/mol. The van der Waals surface area contributed by atoms with Crippen LogP contribution in [0.4, 0.5) is 0 Å². The fourth-order valence-electron chi connectivity index (χ4n) is 0.922. The van der Waals surface area contributed by atoms with Gasteiger partial charge in [-0.05, 0) is 13.0 Å². The molecule has 0 saturated heterocycles. The number of carbonyl (C=O) groups excluding carboxylic acids is 1. The summed E-state index contributed by atoms with van der Waals surface area (Å²) < 4.78 is 0. The second-order valence-corrected chi connectivity index (χ2v) is 2.89.